The van der Waals surface area contributed by atoms with Gasteiger partial charge in [-0.05, 0) is 172 Å². The number of para-hydroxylation sites is 8. The standard InChI is InChI=1S/C20H17F3N6O2.C20H19FN6O2.C20H19FN6O.C19H16ClFN6O.C18H12ClF3N6/c1-30-10-15-26-13-4-2-3-5-14(13)29(15)20-27-17(24)16(21)18(28-20)25-11-6-8-12(9-7-11)31-19(22)23;1-28-11-16-24-14-5-3-4-6-15(14)27(16)20-25-18(22)17(21)19(26-20)23-12-7-9-13(29-2)10-8-12;1-12-7-9-13(10-8-12)23-19-17(21)18(22)25-20(26-19)27-15-6-4-3-5-14(15)24-16(27)11-28-2;1-28-10-15-24-13-4-2-3-5-14(13)27(15)19-25-17(22)16(21)18(26-19)23-12-8-6-11(20)7-9-12;1-8-24-13-6-11(20)12(21)7-14(13)28(8)18-26-16(23)15(22)17(27-18)25-10-4-2-9(19)3-5-10/h2-9,19H,10H2,1H3,(H3,24,25,27,28);3-10H,11H2,1-2H3,(H3,22,23,25,26);3-10H,11H2,1-2H3,(H3,22,23,25,26);2-9H,10H2,1H3,(H3,22,23,25,26);2-7H,1H3,(H3,23,25,26,27). The van der Waals surface area contributed by atoms with Crippen LogP contribution in [0.15, 0.2) is 231 Å². The van der Waals surface area contributed by atoms with Gasteiger partial charge in [-0.25, -0.2) is 33.7 Å². The summed E-state index contributed by atoms with van der Waals surface area (Å²) in [7, 11) is 7.82. The number of halogens is 11. The summed E-state index contributed by atoms with van der Waals surface area (Å²) in [5, 5.41) is 15.5. The Labute approximate surface area is 821 Å². The number of nitrogens with two attached hydrogens (primary N) is 5. The highest BCUT2D eigenvalue weighted by molar-refractivity contribution is 6.31. The molecule has 734 valence electrons. The minimum absolute atomic E-state index is 0.00694. The molecule has 10 aromatic carbocycles. The first-order valence-electron chi connectivity index (χ1n) is 43.0. The van der Waals surface area contributed by atoms with Crippen LogP contribution in [0.2, 0.25) is 10.0 Å². The van der Waals surface area contributed by atoms with E-state index in [1.54, 1.807) is 126 Å². The number of nitrogens with one attached hydrogen (secondary N) is 5. The van der Waals surface area contributed by atoms with E-state index in [1.165, 1.54) is 35.9 Å². The molecule has 0 amide bonds. The van der Waals surface area contributed by atoms with Gasteiger partial charge in [-0.15, -0.1) is 0 Å². The van der Waals surface area contributed by atoms with Crippen LogP contribution >= 0.6 is 23.2 Å². The number of hydrogen-bond donors (Lipinski definition) is 10. The number of aryl methyl sites for hydroxylation is 2. The van der Waals surface area contributed by atoms with Crippen LogP contribution in [0.25, 0.3) is 84.9 Å². The monoisotopic (exact) mass is 2000 g/mol. The van der Waals surface area contributed by atoms with Crippen LogP contribution in [-0.4, -0.2) is 140 Å². The van der Waals surface area contributed by atoms with Gasteiger partial charge in [-0.1, -0.05) is 89.4 Å². The van der Waals surface area contributed by atoms with Crippen molar-refractivity contribution in [2.24, 2.45) is 0 Å². The molecular weight excluding hydrogens is 1920 g/mol. The Morgan fingerprint density at radius 1 is 0.292 bits per heavy atom. The topological polar surface area (TPSA) is 464 Å². The summed E-state index contributed by atoms with van der Waals surface area (Å²) in [6, 6.07) is 65.1. The Morgan fingerprint density at radius 3 is 0.826 bits per heavy atom. The summed E-state index contributed by atoms with van der Waals surface area (Å²) in [5.74, 6) is -4.09. The molecule has 36 nitrogen and oxygen atoms in total. The Bertz CT molecular complexity index is 7860. The fourth-order valence-electron chi connectivity index (χ4n) is 14.5. The second-order valence-electron chi connectivity index (χ2n) is 30.9. The van der Waals surface area contributed by atoms with Gasteiger partial charge in [-0.2, -0.15) is 80.6 Å². The highest BCUT2D eigenvalue weighted by Gasteiger charge is 2.27. The minimum atomic E-state index is -2.94. The lowest BCUT2D eigenvalue weighted by molar-refractivity contribution is -0.0498. The Balaban J connectivity index is 0.000000129. The number of ether oxygens (including phenoxy) is 6. The lowest BCUT2D eigenvalue weighted by Gasteiger charge is -2.13. The summed E-state index contributed by atoms with van der Waals surface area (Å²) in [6.45, 7) is 1.52. The van der Waals surface area contributed by atoms with E-state index < -0.39 is 53.1 Å². The zero-order chi connectivity index (χ0) is 102. The molecule has 47 heteroatoms. The predicted octanol–water partition coefficient (Wildman–Crippen LogP) is 19.8. The summed E-state index contributed by atoms with van der Waals surface area (Å²) in [5.41, 5.74) is 39.3. The second-order valence-corrected chi connectivity index (χ2v) is 31.8. The molecule has 0 radical (unpaired) electrons. The highest BCUT2D eigenvalue weighted by atomic mass is 35.5. The lowest BCUT2D eigenvalue weighted by Crippen LogP contribution is -2.12. The quantitative estimate of drug-likeness (QED) is 0.0225. The Morgan fingerprint density at radius 2 is 0.549 bits per heavy atom. The first kappa shape index (κ1) is 99.4. The van der Waals surface area contributed by atoms with Crippen molar-refractivity contribution >= 4 is 165 Å². The zero-order valence-electron chi connectivity index (χ0n) is 76.8. The third kappa shape index (κ3) is 22.4. The van der Waals surface area contributed by atoms with Gasteiger partial charge in [0.2, 0.25) is 58.8 Å². The van der Waals surface area contributed by atoms with Crippen molar-refractivity contribution in [2.75, 3.05) is 90.8 Å². The van der Waals surface area contributed by atoms with E-state index in [1.807, 2.05) is 128 Å². The van der Waals surface area contributed by atoms with Crippen molar-refractivity contribution in [1.29, 1.82) is 0 Å². The van der Waals surface area contributed by atoms with Gasteiger partial charge in [-0.3, -0.25) is 22.8 Å². The van der Waals surface area contributed by atoms with Gasteiger partial charge in [0.05, 0.1) is 62.3 Å². The molecule has 0 aliphatic carbocycles. The van der Waals surface area contributed by atoms with E-state index in [4.69, 9.17) is 75.6 Å². The van der Waals surface area contributed by atoms with Crippen LogP contribution in [0, 0.1) is 54.6 Å². The van der Waals surface area contributed by atoms with E-state index in [9.17, 15) is 39.5 Å². The van der Waals surface area contributed by atoms with Crippen LogP contribution in [0.1, 0.15) is 34.7 Å². The van der Waals surface area contributed by atoms with Crippen LogP contribution < -0.4 is 64.7 Å². The van der Waals surface area contributed by atoms with Crippen LogP contribution in [0.3, 0.4) is 0 Å². The molecule has 0 saturated carbocycles. The molecule has 0 aliphatic heterocycles. The fourth-order valence-corrected chi connectivity index (χ4v) is 14.8. The number of benzene rings is 10. The maximum atomic E-state index is 14.6. The van der Waals surface area contributed by atoms with Crippen molar-refractivity contribution in [1.82, 2.24) is 97.6 Å². The largest absolute Gasteiger partial charge is 0.497 e. The van der Waals surface area contributed by atoms with E-state index in [0.29, 0.717) is 84.4 Å². The van der Waals surface area contributed by atoms with Crippen LogP contribution in [0.5, 0.6) is 11.5 Å². The van der Waals surface area contributed by atoms with E-state index in [-0.39, 0.29) is 125 Å². The fraction of sp³-hybridized carbons (Fsp3) is 0.124. The molecule has 0 saturated heterocycles. The molecular formula is C97H83Cl2F9N30O6. The van der Waals surface area contributed by atoms with Gasteiger partial charge < -0.3 is 83.7 Å². The maximum Gasteiger partial charge on any atom is 0.387 e. The Hall–Kier alpha value is -17.7. The molecule has 10 heterocycles. The highest BCUT2D eigenvalue weighted by Crippen LogP contribution is 2.36. The van der Waals surface area contributed by atoms with Gasteiger partial charge in [0.25, 0.3) is 0 Å². The minimum Gasteiger partial charge on any atom is -0.497 e. The van der Waals surface area contributed by atoms with Crippen molar-refractivity contribution in [2.45, 2.75) is 46.9 Å². The number of rotatable bonds is 26. The van der Waals surface area contributed by atoms with Crippen LogP contribution in [-0.2, 0) is 45.4 Å². The normalized spacial score (nSPS) is 11.1. The third-order valence-electron chi connectivity index (χ3n) is 21.0. The summed E-state index contributed by atoms with van der Waals surface area (Å²) >= 11 is 11.7. The SMILES string of the molecule is COCc1nc2ccccc2n1-c1nc(N)c(F)c(Nc2ccc(C)cc2)n1.COCc1nc2ccccc2n1-c1nc(N)c(F)c(Nc2ccc(Cl)cc2)n1.COCc1nc2ccccc2n1-c1nc(N)c(F)c(Nc2ccc(OC(F)F)cc2)n1.COCc1nc2ccccc2n1-c1nc(N)c(F)c(Nc2ccc(OC)cc2)n1.Cc1nc2cc(F)c(F)cc2n1-c1nc(N)c(F)c(Nc2ccc(Cl)cc2)n1. The van der Waals surface area contributed by atoms with Gasteiger partial charge in [0.15, 0.2) is 69.8 Å². The van der Waals surface area contributed by atoms with Crippen molar-refractivity contribution < 1.29 is 67.9 Å². The molecule has 0 unspecified atom stereocenters. The van der Waals surface area contributed by atoms with Gasteiger partial charge >= 0.3 is 6.61 Å². The molecule has 0 atom stereocenters. The molecule has 10 aromatic heterocycles. The first-order chi connectivity index (χ1) is 69.5. The van der Waals surface area contributed by atoms with Crippen molar-refractivity contribution in [3.05, 3.63) is 316 Å². The van der Waals surface area contributed by atoms with E-state index >= 15 is 0 Å². The average Bonchev–Trinajstić information content (AvgIpc) is 1.50. The number of hydrogen-bond acceptors (Lipinski definition) is 31. The van der Waals surface area contributed by atoms with E-state index in [0.717, 1.165) is 50.8 Å². The van der Waals surface area contributed by atoms with Gasteiger partial charge in [0.1, 0.15) is 67.0 Å². The number of anilines is 15. The number of alkyl halides is 2. The number of aromatic nitrogens is 20. The zero-order valence-corrected chi connectivity index (χ0v) is 78.3. The number of nitrogens with zero attached hydrogens (tertiary/aromatic N) is 20. The number of fused-ring (bicyclic) bond motifs is 5. The lowest BCUT2D eigenvalue weighted by atomic mass is 10.2. The smallest absolute Gasteiger partial charge is 0.387 e. The summed E-state index contributed by atoms with van der Waals surface area (Å²) in [6.07, 6.45) is 0. The molecule has 0 fully saturated rings. The molecule has 0 bridgehead atoms. The summed E-state index contributed by atoms with van der Waals surface area (Å²) < 4.78 is 163. The molecule has 15 N–H and O–H groups in total. The molecule has 0 spiro atoms. The first-order valence-corrected chi connectivity index (χ1v) is 43.7. The Kier molecular flexibility index (Phi) is 30.5. The number of nitrogen functional groups attached to an aromatic ring is 5. The molecule has 20 aromatic rings. The van der Waals surface area contributed by atoms with Crippen LogP contribution in [0.4, 0.5) is 126 Å². The van der Waals surface area contributed by atoms with E-state index in [2.05, 4.69) is 106 Å². The molecule has 0 aliphatic rings. The average molecular weight is 2010 g/mol. The van der Waals surface area contributed by atoms with Gasteiger partial charge in [0, 0.05) is 79.1 Å². The number of methoxy groups -OCH3 is 5. The predicted molar refractivity (Wildman–Crippen MR) is 529 cm³/mol. The molecule has 20 rings (SSSR count). The number of imidazole rings is 5. The third-order valence-corrected chi connectivity index (χ3v) is 21.5. The van der Waals surface area contributed by atoms with Crippen molar-refractivity contribution in [3.8, 4) is 41.2 Å². The second kappa shape index (κ2) is 44.2. The van der Waals surface area contributed by atoms with Crippen molar-refractivity contribution in [3.63, 3.8) is 0 Å². The molecule has 144 heavy (non-hydrogen) atoms. The maximum absolute atomic E-state index is 14.6. The summed E-state index contributed by atoms with van der Waals surface area (Å²) in [4.78, 5) is 64.3.